The minimum atomic E-state index is 0.303. The normalized spacial score (nSPS) is 19.8. The van der Waals surface area contributed by atoms with Crippen LogP contribution < -0.4 is 4.90 Å². The summed E-state index contributed by atoms with van der Waals surface area (Å²) in [5.41, 5.74) is 1.09. The van der Waals surface area contributed by atoms with Crippen LogP contribution in [0.3, 0.4) is 0 Å². The molecule has 4 rings (SSSR count). The second-order valence-corrected chi connectivity index (χ2v) is 7.60. The van der Waals surface area contributed by atoms with Gasteiger partial charge in [-0.25, -0.2) is 4.98 Å². The van der Waals surface area contributed by atoms with Crippen LogP contribution in [0.1, 0.15) is 19.3 Å². The van der Waals surface area contributed by atoms with E-state index < -0.39 is 0 Å². The Morgan fingerprint density at radius 3 is 2.67 bits per heavy atom. The van der Waals surface area contributed by atoms with Gasteiger partial charge in [-0.1, -0.05) is 23.5 Å². The van der Waals surface area contributed by atoms with Crippen molar-refractivity contribution >= 4 is 32.6 Å². The average molecular weight is 345 g/mol. The van der Waals surface area contributed by atoms with E-state index in [1.807, 2.05) is 11.0 Å². The molecule has 0 radical (unpaired) electrons. The first kappa shape index (κ1) is 15.8. The van der Waals surface area contributed by atoms with Gasteiger partial charge in [0, 0.05) is 32.6 Å². The van der Waals surface area contributed by atoms with E-state index in [9.17, 15) is 4.79 Å². The highest BCUT2D eigenvalue weighted by Gasteiger charge is 2.26. The van der Waals surface area contributed by atoms with Gasteiger partial charge >= 0.3 is 0 Å². The number of para-hydroxylation sites is 1. The molecule has 3 heterocycles. The van der Waals surface area contributed by atoms with Crippen LogP contribution in [0, 0.1) is 5.92 Å². The van der Waals surface area contributed by atoms with Gasteiger partial charge in [0.25, 0.3) is 0 Å². The largest absolute Gasteiger partial charge is 0.378 e. The second-order valence-electron chi connectivity index (χ2n) is 6.59. The SMILES string of the molecule is O=C(CC1CCN(c2nc3ccccc3s2)CC1)N1CCOCC1. The second kappa shape index (κ2) is 7.07. The zero-order valence-corrected chi connectivity index (χ0v) is 14.6. The quantitative estimate of drug-likeness (QED) is 0.858. The summed E-state index contributed by atoms with van der Waals surface area (Å²) in [5, 5.41) is 1.12. The lowest BCUT2D eigenvalue weighted by atomic mass is 9.93. The van der Waals surface area contributed by atoms with Gasteiger partial charge in [0.1, 0.15) is 0 Å². The van der Waals surface area contributed by atoms with Crippen molar-refractivity contribution in [3.63, 3.8) is 0 Å². The van der Waals surface area contributed by atoms with Gasteiger partial charge < -0.3 is 14.5 Å². The van der Waals surface area contributed by atoms with Crippen LogP contribution in [0.15, 0.2) is 24.3 Å². The molecule has 2 aliphatic heterocycles. The third kappa shape index (κ3) is 3.39. The summed E-state index contributed by atoms with van der Waals surface area (Å²) in [6, 6.07) is 8.30. The molecule has 24 heavy (non-hydrogen) atoms. The zero-order valence-electron chi connectivity index (χ0n) is 13.8. The number of anilines is 1. The smallest absolute Gasteiger partial charge is 0.223 e. The number of morpholine rings is 1. The number of ether oxygens (including phenoxy) is 1. The first-order chi connectivity index (χ1) is 11.8. The Morgan fingerprint density at radius 2 is 1.92 bits per heavy atom. The summed E-state index contributed by atoms with van der Waals surface area (Å²) in [6.45, 7) is 4.87. The molecule has 5 nitrogen and oxygen atoms in total. The number of rotatable bonds is 3. The van der Waals surface area contributed by atoms with E-state index in [1.165, 1.54) is 4.70 Å². The van der Waals surface area contributed by atoms with E-state index in [1.54, 1.807) is 11.3 Å². The lowest BCUT2D eigenvalue weighted by Gasteiger charge is -2.33. The number of piperidine rings is 1. The van der Waals surface area contributed by atoms with Crippen LogP contribution in [0.2, 0.25) is 0 Å². The van der Waals surface area contributed by atoms with Gasteiger partial charge in [-0.2, -0.15) is 0 Å². The number of aromatic nitrogens is 1. The molecule has 1 aromatic carbocycles. The van der Waals surface area contributed by atoms with Crippen LogP contribution in [0.4, 0.5) is 5.13 Å². The molecule has 0 unspecified atom stereocenters. The fraction of sp³-hybridized carbons (Fsp3) is 0.556. The van der Waals surface area contributed by atoms with Crippen LogP contribution in [0.5, 0.6) is 0 Å². The Bertz CT molecular complexity index is 670. The minimum absolute atomic E-state index is 0.303. The number of fused-ring (bicyclic) bond motifs is 1. The Hall–Kier alpha value is -1.66. The summed E-state index contributed by atoms with van der Waals surface area (Å²) in [7, 11) is 0. The molecular weight excluding hydrogens is 322 g/mol. The molecule has 1 aromatic heterocycles. The molecule has 2 saturated heterocycles. The van der Waals surface area contributed by atoms with Crippen molar-refractivity contribution in [2.45, 2.75) is 19.3 Å². The summed E-state index contributed by atoms with van der Waals surface area (Å²) in [5.74, 6) is 0.808. The maximum Gasteiger partial charge on any atom is 0.223 e. The number of amides is 1. The summed E-state index contributed by atoms with van der Waals surface area (Å²) < 4.78 is 6.57. The molecule has 2 aromatic rings. The lowest BCUT2D eigenvalue weighted by molar-refractivity contribution is -0.136. The number of benzene rings is 1. The third-order valence-electron chi connectivity index (χ3n) is 4.99. The summed E-state index contributed by atoms with van der Waals surface area (Å²) in [4.78, 5) is 21.5. The number of hydrogen-bond donors (Lipinski definition) is 0. The van der Waals surface area contributed by atoms with E-state index in [4.69, 9.17) is 9.72 Å². The molecule has 6 heteroatoms. The van der Waals surface area contributed by atoms with Crippen LogP contribution in [-0.4, -0.2) is 55.2 Å². The van der Waals surface area contributed by atoms with Crippen molar-refractivity contribution in [2.75, 3.05) is 44.3 Å². The number of nitrogens with zero attached hydrogens (tertiary/aromatic N) is 3. The first-order valence-corrected chi connectivity index (χ1v) is 9.57. The number of thiazole rings is 1. The van der Waals surface area contributed by atoms with Gasteiger partial charge in [0.2, 0.25) is 5.91 Å². The Labute approximate surface area is 146 Å². The fourth-order valence-corrected chi connectivity index (χ4v) is 4.53. The number of carbonyl (C=O) groups is 1. The minimum Gasteiger partial charge on any atom is -0.378 e. The summed E-state index contributed by atoms with van der Waals surface area (Å²) >= 11 is 1.77. The van der Waals surface area contributed by atoms with Crippen molar-refractivity contribution in [1.29, 1.82) is 0 Å². The van der Waals surface area contributed by atoms with Gasteiger partial charge in [-0.05, 0) is 30.9 Å². The Kier molecular flexibility index (Phi) is 4.67. The molecule has 0 spiro atoms. The highest BCUT2D eigenvalue weighted by molar-refractivity contribution is 7.22. The van der Waals surface area contributed by atoms with E-state index in [0.717, 1.165) is 49.7 Å². The molecule has 128 valence electrons. The van der Waals surface area contributed by atoms with Gasteiger partial charge in [-0.3, -0.25) is 4.79 Å². The zero-order chi connectivity index (χ0) is 16.4. The molecule has 0 bridgehead atoms. The van der Waals surface area contributed by atoms with E-state index in [0.29, 0.717) is 31.5 Å². The standard InChI is InChI=1S/C18H23N3O2S/c22-17(20-9-11-23-12-10-20)13-14-5-7-21(8-6-14)18-19-15-3-1-2-4-16(15)24-18/h1-4,14H,5-13H2. The topological polar surface area (TPSA) is 45.7 Å². The Balaban J connectivity index is 1.32. The van der Waals surface area contributed by atoms with Gasteiger partial charge in [0.15, 0.2) is 5.13 Å². The van der Waals surface area contributed by atoms with E-state index in [-0.39, 0.29) is 0 Å². The van der Waals surface area contributed by atoms with E-state index >= 15 is 0 Å². The van der Waals surface area contributed by atoms with Crippen LogP contribution in [-0.2, 0) is 9.53 Å². The molecule has 0 atom stereocenters. The molecule has 0 aliphatic carbocycles. The number of hydrogen-bond acceptors (Lipinski definition) is 5. The monoisotopic (exact) mass is 345 g/mol. The maximum absolute atomic E-state index is 12.4. The molecule has 1 amide bonds. The molecule has 2 aliphatic rings. The van der Waals surface area contributed by atoms with Gasteiger partial charge in [0.05, 0.1) is 23.4 Å². The highest BCUT2D eigenvalue weighted by Crippen LogP contribution is 2.32. The van der Waals surface area contributed by atoms with Crippen LogP contribution in [0.25, 0.3) is 10.2 Å². The van der Waals surface area contributed by atoms with Crippen molar-refractivity contribution in [3.05, 3.63) is 24.3 Å². The van der Waals surface area contributed by atoms with Gasteiger partial charge in [-0.15, -0.1) is 0 Å². The first-order valence-electron chi connectivity index (χ1n) is 8.75. The maximum atomic E-state index is 12.4. The van der Waals surface area contributed by atoms with E-state index in [2.05, 4.69) is 23.1 Å². The fourth-order valence-electron chi connectivity index (χ4n) is 3.51. The molecule has 0 N–H and O–H groups in total. The predicted octanol–water partition coefficient (Wildman–Crippen LogP) is 2.76. The third-order valence-corrected chi connectivity index (χ3v) is 6.09. The predicted molar refractivity (Wildman–Crippen MR) is 96.6 cm³/mol. The van der Waals surface area contributed by atoms with Crippen LogP contribution >= 0.6 is 11.3 Å². The Morgan fingerprint density at radius 1 is 1.17 bits per heavy atom. The summed E-state index contributed by atoms with van der Waals surface area (Å²) in [6.07, 6.45) is 2.84. The molecule has 0 saturated carbocycles. The molecular formula is C18H23N3O2S. The van der Waals surface area contributed by atoms with Crippen molar-refractivity contribution in [1.82, 2.24) is 9.88 Å². The highest BCUT2D eigenvalue weighted by atomic mass is 32.1. The lowest BCUT2D eigenvalue weighted by Crippen LogP contribution is -2.42. The van der Waals surface area contributed by atoms with Crippen molar-refractivity contribution in [3.8, 4) is 0 Å². The average Bonchev–Trinajstić information content (AvgIpc) is 3.07. The van der Waals surface area contributed by atoms with Crippen molar-refractivity contribution in [2.24, 2.45) is 5.92 Å². The van der Waals surface area contributed by atoms with Crippen molar-refractivity contribution < 1.29 is 9.53 Å². The molecule has 2 fully saturated rings. The number of carbonyl (C=O) groups excluding carboxylic acids is 1.